The SMILES string of the molecule is CN(C)C(=O)CN=C(NC1CCCC1)N(C)Cc1ccsc1.I. The van der Waals surface area contributed by atoms with Gasteiger partial charge in [0.15, 0.2) is 5.96 Å². The highest BCUT2D eigenvalue weighted by Crippen LogP contribution is 2.18. The molecule has 1 aliphatic carbocycles. The van der Waals surface area contributed by atoms with Crippen LogP contribution in [0.1, 0.15) is 31.2 Å². The molecule has 1 N–H and O–H groups in total. The van der Waals surface area contributed by atoms with E-state index in [1.165, 1.54) is 31.2 Å². The highest BCUT2D eigenvalue weighted by Gasteiger charge is 2.18. The van der Waals surface area contributed by atoms with E-state index in [0.717, 1.165) is 12.5 Å². The minimum absolute atomic E-state index is 0. The molecular formula is C16H27IN4OS. The standard InChI is InChI=1S/C16H26N4OS.HI/c1-19(2)15(21)10-17-16(18-14-6-4-5-7-14)20(3)11-13-8-9-22-12-13;/h8-9,12,14H,4-7,10-11H2,1-3H3,(H,17,18);1H. The van der Waals surface area contributed by atoms with Gasteiger partial charge in [0.05, 0.1) is 0 Å². The first-order valence-electron chi connectivity index (χ1n) is 7.79. The van der Waals surface area contributed by atoms with E-state index in [1.54, 1.807) is 30.3 Å². The number of likely N-dealkylation sites (N-methyl/N-ethyl adjacent to an activating group) is 1. The van der Waals surface area contributed by atoms with E-state index < -0.39 is 0 Å². The second-order valence-electron chi connectivity index (χ2n) is 6.04. The van der Waals surface area contributed by atoms with Crippen molar-refractivity contribution in [3.63, 3.8) is 0 Å². The van der Waals surface area contributed by atoms with E-state index in [0.29, 0.717) is 6.04 Å². The van der Waals surface area contributed by atoms with Gasteiger partial charge in [-0.1, -0.05) is 12.8 Å². The second-order valence-corrected chi connectivity index (χ2v) is 6.82. The van der Waals surface area contributed by atoms with Crippen LogP contribution in [0.4, 0.5) is 0 Å². The van der Waals surface area contributed by atoms with Crippen molar-refractivity contribution in [1.29, 1.82) is 0 Å². The number of aliphatic imine (C=N–C) groups is 1. The number of amides is 1. The van der Waals surface area contributed by atoms with Crippen molar-refractivity contribution in [2.45, 2.75) is 38.3 Å². The van der Waals surface area contributed by atoms with Crippen LogP contribution in [0, 0.1) is 0 Å². The van der Waals surface area contributed by atoms with E-state index in [2.05, 4.69) is 32.0 Å². The third-order valence-corrected chi connectivity index (χ3v) is 4.64. The normalized spacial score (nSPS) is 15.2. The van der Waals surface area contributed by atoms with Gasteiger partial charge in [-0.2, -0.15) is 11.3 Å². The largest absolute Gasteiger partial charge is 0.353 e. The van der Waals surface area contributed by atoms with Crippen LogP contribution >= 0.6 is 35.3 Å². The first-order chi connectivity index (χ1) is 10.6. The second kappa shape index (κ2) is 10.1. The van der Waals surface area contributed by atoms with Gasteiger partial charge in [0, 0.05) is 33.7 Å². The summed E-state index contributed by atoms with van der Waals surface area (Å²) >= 11 is 1.70. The molecule has 0 saturated heterocycles. The number of carbonyl (C=O) groups excluding carboxylic acids is 1. The molecule has 2 rings (SSSR count). The topological polar surface area (TPSA) is 47.9 Å². The Morgan fingerprint density at radius 2 is 2.04 bits per heavy atom. The third-order valence-electron chi connectivity index (χ3n) is 3.91. The predicted molar refractivity (Wildman–Crippen MR) is 108 cm³/mol. The summed E-state index contributed by atoms with van der Waals surface area (Å²) in [5.74, 6) is 0.850. The first-order valence-corrected chi connectivity index (χ1v) is 8.74. The maximum Gasteiger partial charge on any atom is 0.243 e. The summed E-state index contributed by atoms with van der Waals surface area (Å²) in [6, 6.07) is 2.61. The first kappa shape index (κ1) is 20.2. The molecule has 1 saturated carbocycles. The van der Waals surface area contributed by atoms with E-state index in [1.807, 2.05) is 7.05 Å². The number of carbonyl (C=O) groups is 1. The Balaban J connectivity index is 0.00000264. The van der Waals surface area contributed by atoms with E-state index in [9.17, 15) is 4.79 Å². The summed E-state index contributed by atoms with van der Waals surface area (Å²) < 4.78 is 0. The molecule has 1 aromatic rings. The zero-order valence-electron chi connectivity index (χ0n) is 14.1. The molecule has 0 aliphatic heterocycles. The van der Waals surface area contributed by atoms with Gasteiger partial charge in [0.2, 0.25) is 5.91 Å². The fourth-order valence-electron chi connectivity index (χ4n) is 2.54. The summed E-state index contributed by atoms with van der Waals surface area (Å²) in [7, 11) is 5.55. The molecule has 0 bridgehead atoms. The Kier molecular flexibility index (Phi) is 8.90. The van der Waals surface area contributed by atoms with E-state index in [-0.39, 0.29) is 36.4 Å². The smallest absolute Gasteiger partial charge is 0.243 e. The number of rotatable bonds is 5. The number of thiophene rings is 1. The maximum atomic E-state index is 11.8. The molecule has 0 spiro atoms. The van der Waals surface area contributed by atoms with Crippen molar-refractivity contribution in [2.75, 3.05) is 27.7 Å². The van der Waals surface area contributed by atoms with Crippen LogP contribution in [-0.2, 0) is 11.3 Å². The number of halogens is 1. The Morgan fingerprint density at radius 1 is 1.35 bits per heavy atom. The Bertz CT molecular complexity index is 498. The van der Waals surface area contributed by atoms with Gasteiger partial charge >= 0.3 is 0 Å². The average molecular weight is 450 g/mol. The lowest BCUT2D eigenvalue weighted by Crippen LogP contribution is -2.43. The molecule has 7 heteroatoms. The molecular weight excluding hydrogens is 423 g/mol. The number of guanidine groups is 1. The molecule has 23 heavy (non-hydrogen) atoms. The van der Waals surface area contributed by atoms with Crippen molar-refractivity contribution in [2.24, 2.45) is 4.99 Å². The quantitative estimate of drug-likeness (QED) is 0.427. The van der Waals surface area contributed by atoms with Gasteiger partial charge in [-0.25, -0.2) is 4.99 Å². The number of hydrogen-bond donors (Lipinski definition) is 1. The van der Waals surface area contributed by atoms with Crippen molar-refractivity contribution in [1.82, 2.24) is 15.1 Å². The molecule has 0 atom stereocenters. The number of nitrogens with one attached hydrogen (secondary N) is 1. The van der Waals surface area contributed by atoms with Gasteiger partial charge in [0.1, 0.15) is 6.54 Å². The van der Waals surface area contributed by atoms with Gasteiger partial charge < -0.3 is 15.1 Å². The van der Waals surface area contributed by atoms with Crippen molar-refractivity contribution >= 4 is 47.2 Å². The summed E-state index contributed by atoms with van der Waals surface area (Å²) in [5, 5.41) is 7.76. The number of nitrogens with zero attached hydrogens (tertiary/aromatic N) is 3. The van der Waals surface area contributed by atoms with Crippen LogP contribution in [0.15, 0.2) is 21.8 Å². The Hall–Kier alpha value is -0.830. The van der Waals surface area contributed by atoms with Crippen LogP contribution < -0.4 is 5.32 Å². The van der Waals surface area contributed by atoms with Crippen molar-refractivity contribution in [3.05, 3.63) is 22.4 Å². The summed E-state index contributed by atoms with van der Waals surface area (Å²) in [6.07, 6.45) is 4.92. The molecule has 1 aliphatic rings. The fraction of sp³-hybridized carbons (Fsp3) is 0.625. The summed E-state index contributed by atoms with van der Waals surface area (Å²) in [5.41, 5.74) is 1.27. The molecule has 1 amide bonds. The minimum atomic E-state index is 0. The van der Waals surface area contributed by atoms with E-state index >= 15 is 0 Å². The molecule has 1 heterocycles. The fourth-order valence-corrected chi connectivity index (χ4v) is 3.20. The van der Waals surface area contributed by atoms with Gasteiger partial charge in [-0.15, -0.1) is 24.0 Å². The Labute approximate surface area is 160 Å². The molecule has 1 fully saturated rings. The summed E-state index contributed by atoms with van der Waals surface area (Å²) in [6.45, 7) is 0.994. The van der Waals surface area contributed by atoms with Gasteiger partial charge in [-0.3, -0.25) is 4.79 Å². The Morgan fingerprint density at radius 3 is 2.61 bits per heavy atom. The molecule has 0 unspecified atom stereocenters. The predicted octanol–water partition coefficient (Wildman–Crippen LogP) is 2.77. The lowest BCUT2D eigenvalue weighted by atomic mass is 10.2. The van der Waals surface area contributed by atoms with Crippen LogP contribution in [0.25, 0.3) is 0 Å². The highest BCUT2D eigenvalue weighted by atomic mass is 127. The molecule has 1 aromatic heterocycles. The van der Waals surface area contributed by atoms with Crippen LogP contribution in [-0.4, -0.2) is 55.4 Å². The van der Waals surface area contributed by atoms with E-state index in [4.69, 9.17) is 0 Å². The summed E-state index contributed by atoms with van der Waals surface area (Å²) in [4.78, 5) is 20.0. The third kappa shape index (κ3) is 6.66. The highest BCUT2D eigenvalue weighted by molar-refractivity contribution is 14.0. The van der Waals surface area contributed by atoms with Crippen LogP contribution in [0.5, 0.6) is 0 Å². The lowest BCUT2D eigenvalue weighted by Gasteiger charge is -2.25. The average Bonchev–Trinajstić information content (AvgIpc) is 3.15. The zero-order valence-corrected chi connectivity index (χ0v) is 17.3. The molecule has 5 nitrogen and oxygen atoms in total. The minimum Gasteiger partial charge on any atom is -0.353 e. The molecule has 0 radical (unpaired) electrons. The van der Waals surface area contributed by atoms with Crippen LogP contribution in [0.3, 0.4) is 0 Å². The van der Waals surface area contributed by atoms with Gasteiger partial charge in [0.25, 0.3) is 0 Å². The monoisotopic (exact) mass is 450 g/mol. The van der Waals surface area contributed by atoms with Crippen molar-refractivity contribution < 1.29 is 4.79 Å². The molecule has 130 valence electrons. The maximum absolute atomic E-state index is 11.8. The zero-order chi connectivity index (χ0) is 15.9. The van der Waals surface area contributed by atoms with Crippen LogP contribution in [0.2, 0.25) is 0 Å². The van der Waals surface area contributed by atoms with Crippen molar-refractivity contribution in [3.8, 4) is 0 Å². The lowest BCUT2D eigenvalue weighted by molar-refractivity contribution is -0.127. The van der Waals surface area contributed by atoms with Gasteiger partial charge in [-0.05, 0) is 35.2 Å². The molecule has 0 aromatic carbocycles. The number of hydrogen-bond acceptors (Lipinski definition) is 3.